The zero-order valence-electron chi connectivity index (χ0n) is 34.1. The van der Waals surface area contributed by atoms with Gasteiger partial charge in [-0.3, -0.25) is 24.9 Å². The molecule has 2 atom stereocenters. The van der Waals surface area contributed by atoms with Crippen LogP contribution in [0.4, 0.5) is 5.69 Å². The van der Waals surface area contributed by atoms with Crippen molar-refractivity contribution in [1.82, 2.24) is 40.0 Å². The van der Waals surface area contributed by atoms with Gasteiger partial charge in [0, 0.05) is 55.7 Å². The molecule has 2 N–H and O–H groups in total. The monoisotopic (exact) mass is 842 g/mol. The van der Waals surface area contributed by atoms with Crippen molar-refractivity contribution < 1.29 is 14.3 Å². The van der Waals surface area contributed by atoms with Crippen molar-refractivity contribution >= 4 is 47.7 Å². The molecule has 3 saturated heterocycles. The minimum Gasteiger partial charge on any atom is -0.381 e. The highest BCUT2D eigenvalue weighted by molar-refractivity contribution is 7.65. The number of amides is 2. The Labute approximate surface area is 355 Å². The molecule has 11 rings (SSSR count). The maximum absolute atomic E-state index is 12.4. The van der Waals surface area contributed by atoms with Crippen LogP contribution in [0.3, 0.4) is 0 Å². The molecule has 0 spiro atoms. The molecule has 60 heavy (non-hydrogen) atoms. The topological polar surface area (TPSA) is 163 Å². The maximum Gasteiger partial charge on any atom is 0.234 e. The highest BCUT2D eigenvalue weighted by Gasteiger charge is 2.51. The van der Waals surface area contributed by atoms with E-state index in [1.807, 2.05) is 35.1 Å². The Morgan fingerprint density at radius 2 is 1.75 bits per heavy atom. The summed E-state index contributed by atoms with van der Waals surface area (Å²) in [6.45, 7) is 7.35. The third-order valence-corrected chi connectivity index (χ3v) is 18.1. The highest BCUT2D eigenvalue weighted by atomic mass is 32.1. The Morgan fingerprint density at radius 1 is 0.950 bits per heavy atom. The Kier molecular flexibility index (Phi) is 10.7. The summed E-state index contributed by atoms with van der Waals surface area (Å²) in [5, 5.41) is 32.1. The second kappa shape index (κ2) is 16.3. The normalized spacial score (nSPS) is 25.9. The van der Waals surface area contributed by atoms with E-state index in [9.17, 15) is 14.9 Å². The lowest BCUT2D eigenvalue weighted by Gasteiger charge is -2.54. The van der Waals surface area contributed by atoms with Crippen LogP contribution >= 0.6 is 19.3 Å². The van der Waals surface area contributed by atoms with Crippen molar-refractivity contribution in [1.29, 1.82) is 5.26 Å². The summed E-state index contributed by atoms with van der Waals surface area (Å²) in [6.07, 6.45) is 17.9. The Bertz CT molecular complexity index is 2420. The molecule has 6 fully saturated rings. The van der Waals surface area contributed by atoms with Crippen LogP contribution in [-0.4, -0.2) is 97.7 Å². The minimum absolute atomic E-state index is 0.101. The average Bonchev–Trinajstić information content (AvgIpc) is 3.96. The van der Waals surface area contributed by atoms with Crippen LogP contribution in [-0.2, 0) is 19.7 Å². The predicted molar refractivity (Wildman–Crippen MR) is 233 cm³/mol. The SMILES string of the molecule is CP(c1ccc(C2CCC(=O)NC2=O)cn1)C1CCN(CC23CCC(c4nnc(-c5cnc(-c6ccc7cc(C#N)cnn67)cc5NC5CCOCC5)s4)(CC2)CC3)CC1. The van der Waals surface area contributed by atoms with E-state index in [0.29, 0.717) is 35.5 Å². The number of imide groups is 1. The first-order valence-corrected chi connectivity index (χ1v) is 24.3. The van der Waals surface area contributed by atoms with E-state index < -0.39 is 7.92 Å². The number of pyridine rings is 2. The molecule has 5 aromatic rings. The van der Waals surface area contributed by atoms with Crippen LogP contribution in [0, 0.1) is 16.7 Å². The summed E-state index contributed by atoms with van der Waals surface area (Å²) < 4.78 is 7.51. The lowest BCUT2D eigenvalue weighted by atomic mass is 9.53. The second-order valence-corrected chi connectivity index (χ2v) is 21.2. The van der Waals surface area contributed by atoms with E-state index >= 15 is 0 Å². The molecule has 3 saturated carbocycles. The van der Waals surface area contributed by atoms with Gasteiger partial charge < -0.3 is 15.0 Å². The number of anilines is 1. The van der Waals surface area contributed by atoms with E-state index in [2.05, 4.69) is 51.6 Å². The number of fused-ring (bicyclic) bond motifs is 4. The molecule has 3 aliphatic heterocycles. The zero-order valence-corrected chi connectivity index (χ0v) is 35.8. The van der Waals surface area contributed by atoms with Crippen molar-refractivity contribution in [2.45, 2.75) is 100 Å². The number of aromatic nitrogens is 6. The summed E-state index contributed by atoms with van der Waals surface area (Å²) in [5.41, 5.74) is 8.25. The number of ether oxygens (including phenoxy) is 1. The smallest absolute Gasteiger partial charge is 0.234 e. The van der Waals surface area contributed by atoms with Gasteiger partial charge >= 0.3 is 0 Å². The molecule has 0 aromatic carbocycles. The minimum atomic E-state index is -0.392. The van der Waals surface area contributed by atoms with Gasteiger partial charge in [-0.2, -0.15) is 10.4 Å². The number of nitriles is 1. The van der Waals surface area contributed by atoms with E-state index in [1.54, 1.807) is 17.5 Å². The molecule has 8 heterocycles. The number of likely N-dealkylation sites (tertiary alicyclic amines) is 1. The van der Waals surface area contributed by atoms with Gasteiger partial charge in [0.25, 0.3) is 0 Å². The van der Waals surface area contributed by atoms with Crippen molar-refractivity contribution in [3.63, 3.8) is 0 Å². The van der Waals surface area contributed by atoms with Crippen molar-refractivity contribution in [2.24, 2.45) is 5.41 Å². The molecule has 2 bridgehead atoms. The standard InChI is InChI=1S/C45H51N10O3PS/c1-59(40-7-2-30(26-48-40)34-4-6-39(56)51-41(34)57)33-8-18-54(19-9-33)28-44-12-15-45(16-13-44,17-14-44)43-53-52-42(60-43)35-27-47-37(23-36(35)50-31-10-20-58-21-11-31)38-5-3-32-22-29(24-46)25-49-55(32)38/h2-3,5,7,22-23,25-27,31,33-34H,4,6,8-21,28H2,1H3,(H,47,50)(H,51,56,57). The van der Waals surface area contributed by atoms with Gasteiger partial charge in [-0.15, -0.1) is 10.2 Å². The summed E-state index contributed by atoms with van der Waals surface area (Å²) in [5.74, 6) is -0.671. The molecule has 15 heteroatoms. The first kappa shape index (κ1) is 39.5. The number of rotatable bonds is 10. The molecule has 5 aromatic heterocycles. The van der Waals surface area contributed by atoms with Crippen LogP contribution < -0.4 is 16.1 Å². The number of piperidine rings is 2. The van der Waals surface area contributed by atoms with Gasteiger partial charge in [0.1, 0.15) is 11.1 Å². The van der Waals surface area contributed by atoms with E-state index in [1.165, 1.54) is 62.9 Å². The van der Waals surface area contributed by atoms with Crippen molar-refractivity contribution in [2.75, 3.05) is 44.8 Å². The van der Waals surface area contributed by atoms with Crippen LogP contribution in [0.2, 0.25) is 0 Å². The number of carbonyl (C=O) groups is 2. The fourth-order valence-electron chi connectivity index (χ4n) is 10.5. The zero-order chi connectivity index (χ0) is 40.8. The first-order chi connectivity index (χ1) is 29.3. The van der Waals surface area contributed by atoms with Crippen LogP contribution in [0.1, 0.15) is 99.1 Å². The molecule has 0 radical (unpaired) electrons. The highest BCUT2D eigenvalue weighted by Crippen LogP contribution is 2.59. The molecule has 13 nitrogen and oxygen atoms in total. The second-order valence-electron chi connectivity index (χ2n) is 17.8. The Hall–Kier alpha value is -4.67. The van der Waals surface area contributed by atoms with Gasteiger partial charge in [0.2, 0.25) is 11.8 Å². The summed E-state index contributed by atoms with van der Waals surface area (Å²) in [4.78, 5) is 36.5. The molecule has 2 amide bonds. The molecule has 2 unspecified atom stereocenters. The average molecular weight is 843 g/mol. The quantitative estimate of drug-likeness (QED) is 0.113. The van der Waals surface area contributed by atoms with Gasteiger partial charge in [0.05, 0.1) is 45.6 Å². The number of hydrogen-bond acceptors (Lipinski definition) is 12. The molecular weight excluding hydrogens is 792 g/mol. The van der Waals surface area contributed by atoms with Crippen LogP contribution in [0.25, 0.3) is 27.5 Å². The van der Waals surface area contributed by atoms with Gasteiger partial charge in [-0.1, -0.05) is 25.3 Å². The van der Waals surface area contributed by atoms with Crippen molar-refractivity contribution in [3.8, 4) is 28.0 Å². The Morgan fingerprint density at radius 3 is 2.48 bits per heavy atom. The maximum atomic E-state index is 12.4. The van der Waals surface area contributed by atoms with Gasteiger partial charge in [-0.05, 0) is 137 Å². The van der Waals surface area contributed by atoms with Gasteiger partial charge in [0.15, 0.2) is 5.01 Å². The lowest BCUT2D eigenvalue weighted by Crippen LogP contribution is -2.50. The third-order valence-electron chi connectivity index (χ3n) is 14.3. The summed E-state index contributed by atoms with van der Waals surface area (Å²) in [6, 6.07) is 14.6. The summed E-state index contributed by atoms with van der Waals surface area (Å²) >= 11 is 1.75. The predicted octanol–water partition coefficient (Wildman–Crippen LogP) is 6.79. The molecule has 6 aliphatic rings. The number of hydrogen-bond donors (Lipinski definition) is 2. The third kappa shape index (κ3) is 7.63. The Balaban J connectivity index is 0.782. The van der Waals surface area contributed by atoms with E-state index in [-0.39, 0.29) is 23.1 Å². The molecular formula is C45H51N10O3PS. The van der Waals surface area contributed by atoms with E-state index in [4.69, 9.17) is 24.9 Å². The lowest BCUT2D eigenvalue weighted by molar-refractivity contribution is -0.134. The number of carbonyl (C=O) groups excluding carboxylic acids is 2. The summed E-state index contributed by atoms with van der Waals surface area (Å²) in [7, 11) is -0.392. The molecule has 310 valence electrons. The fourth-order valence-corrected chi connectivity index (χ4v) is 13.6. The van der Waals surface area contributed by atoms with Crippen molar-refractivity contribution in [3.05, 3.63) is 71.1 Å². The first-order valence-electron chi connectivity index (χ1n) is 21.6. The van der Waals surface area contributed by atoms with Crippen LogP contribution in [0.5, 0.6) is 0 Å². The largest absolute Gasteiger partial charge is 0.381 e. The van der Waals surface area contributed by atoms with Crippen LogP contribution in [0.15, 0.2) is 55.0 Å². The van der Waals surface area contributed by atoms with Gasteiger partial charge in [-0.25, -0.2) is 4.52 Å². The number of nitrogens with zero attached hydrogens (tertiary/aromatic N) is 8. The molecule has 3 aliphatic carbocycles. The van der Waals surface area contributed by atoms with E-state index in [0.717, 1.165) is 83.3 Å². The number of nitrogens with one attached hydrogen (secondary N) is 2. The fraction of sp³-hybridized carbons (Fsp3) is 0.511.